The monoisotopic (exact) mass is 251 g/mol. The lowest BCUT2D eigenvalue weighted by molar-refractivity contribution is -0.139. The minimum atomic E-state index is -0.969. The molecule has 1 rings (SSSR count). The fourth-order valence-corrected chi connectivity index (χ4v) is 1.66. The fourth-order valence-electron chi connectivity index (χ4n) is 1.66. The van der Waals surface area contributed by atoms with Crippen LogP contribution >= 0.6 is 0 Å². The van der Waals surface area contributed by atoms with E-state index < -0.39 is 18.0 Å². The molecule has 0 aromatic heterocycles. The van der Waals surface area contributed by atoms with Crippen molar-refractivity contribution in [2.24, 2.45) is 0 Å². The Morgan fingerprint density at radius 2 is 1.83 bits per heavy atom. The number of carboxylic acid groups (broad SMARTS) is 2. The van der Waals surface area contributed by atoms with E-state index in [0.717, 1.165) is 0 Å². The predicted octanol–water partition coefficient (Wildman–Crippen LogP) is 1.66. The molecular formula is C13H17NO4. The molecule has 0 radical (unpaired) electrons. The topological polar surface area (TPSA) is 86.6 Å². The van der Waals surface area contributed by atoms with Crippen LogP contribution in [0.4, 0.5) is 0 Å². The maximum atomic E-state index is 11.2. The van der Waals surface area contributed by atoms with Gasteiger partial charge in [-0.2, -0.15) is 0 Å². The molecule has 5 nitrogen and oxygen atoms in total. The third kappa shape index (κ3) is 4.55. The van der Waals surface area contributed by atoms with Crippen LogP contribution in [-0.4, -0.2) is 28.2 Å². The van der Waals surface area contributed by atoms with Gasteiger partial charge < -0.3 is 10.2 Å². The molecule has 0 amide bonds. The third-order valence-electron chi connectivity index (χ3n) is 2.62. The highest BCUT2D eigenvalue weighted by Crippen LogP contribution is 2.14. The molecule has 0 fully saturated rings. The number of aliphatic carboxylic acids is 2. The second-order valence-corrected chi connectivity index (χ2v) is 4.18. The van der Waals surface area contributed by atoms with Crippen LogP contribution in [0.1, 0.15) is 31.4 Å². The van der Waals surface area contributed by atoms with Crippen LogP contribution in [0.5, 0.6) is 0 Å². The Labute approximate surface area is 105 Å². The van der Waals surface area contributed by atoms with Gasteiger partial charge in [0.15, 0.2) is 0 Å². The number of carboxylic acids is 2. The summed E-state index contributed by atoms with van der Waals surface area (Å²) >= 11 is 0. The molecule has 0 spiro atoms. The standard InChI is InChI=1S/C13H17NO4/c1-9(7-8-11(15)16)14-12(13(17)18)10-5-3-2-4-6-10/h2-6,9,12,14H,7-8H2,1H3,(H,15,16)(H,17,18). The Balaban J connectivity index is 2.64. The van der Waals surface area contributed by atoms with Crippen LogP contribution in [-0.2, 0) is 9.59 Å². The summed E-state index contributed by atoms with van der Waals surface area (Å²) in [5.74, 6) is -1.85. The second-order valence-electron chi connectivity index (χ2n) is 4.18. The molecule has 5 heteroatoms. The Morgan fingerprint density at radius 3 is 2.33 bits per heavy atom. The van der Waals surface area contributed by atoms with E-state index in [2.05, 4.69) is 5.32 Å². The summed E-state index contributed by atoms with van der Waals surface area (Å²) in [5.41, 5.74) is 0.659. The van der Waals surface area contributed by atoms with Crippen molar-refractivity contribution in [1.29, 1.82) is 0 Å². The van der Waals surface area contributed by atoms with Crippen LogP contribution in [0.2, 0.25) is 0 Å². The summed E-state index contributed by atoms with van der Waals surface area (Å²) in [5, 5.41) is 20.7. The summed E-state index contributed by atoms with van der Waals surface area (Å²) in [6, 6.07) is 7.84. The average molecular weight is 251 g/mol. The highest BCUT2D eigenvalue weighted by molar-refractivity contribution is 5.75. The van der Waals surface area contributed by atoms with Gasteiger partial charge in [0.25, 0.3) is 0 Å². The van der Waals surface area contributed by atoms with E-state index in [1.165, 1.54) is 0 Å². The number of hydrogen-bond donors (Lipinski definition) is 3. The molecule has 1 aromatic carbocycles. The van der Waals surface area contributed by atoms with Crippen LogP contribution in [0, 0.1) is 0 Å². The van der Waals surface area contributed by atoms with Crippen molar-refractivity contribution in [3.05, 3.63) is 35.9 Å². The van der Waals surface area contributed by atoms with Crippen molar-refractivity contribution in [3.8, 4) is 0 Å². The van der Waals surface area contributed by atoms with E-state index in [0.29, 0.717) is 12.0 Å². The van der Waals surface area contributed by atoms with Crippen molar-refractivity contribution in [3.63, 3.8) is 0 Å². The normalized spacial score (nSPS) is 13.8. The molecule has 0 aliphatic carbocycles. The van der Waals surface area contributed by atoms with Gasteiger partial charge in [0, 0.05) is 12.5 Å². The average Bonchev–Trinajstić information content (AvgIpc) is 2.34. The Morgan fingerprint density at radius 1 is 1.22 bits per heavy atom. The first-order chi connectivity index (χ1) is 8.50. The Kier molecular flexibility index (Phi) is 5.32. The lowest BCUT2D eigenvalue weighted by Gasteiger charge is -2.20. The van der Waals surface area contributed by atoms with Crippen LogP contribution in [0.25, 0.3) is 0 Å². The summed E-state index contributed by atoms with van der Waals surface area (Å²) in [4.78, 5) is 21.6. The van der Waals surface area contributed by atoms with Gasteiger partial charge in [-0.1, -0.05) is 30.3 Å². The highest BCUT2D eigenvalue weighted by atomic mass is 16.4. The lowest BCUT2D eigenvalue weighted by Crippen LogP contribution is -2.35. The van der Waals surface area contributed by atoms with E-state index in [9.17, 15) is 14.7 Å². The number of benzene rings is 1. The maximum absolute atomic E-state index is 11.2. The van der Waals surface area contributed by atoms with E-state index >= 15 is 0 Å². The van der Waals surface area contributed by atoms with E-state index in [-0.39, 0.29) is 12.5 Å². The van der Waals surface area contributed by atoms with E-state index in [4.69, 9.17) is 5.11 Å². The van der Waals surface area contributed by atoms with Gasteiger partial charge in [-0.25, -0.2) is 0 Å². The molecule has 0 saturated carbocycles. The molecule has 0 heterocycles. The van der Waals surface area contributed by atoms with Gasteiger partial charge in [0.05, 0.1) is 0 Å². The summed E-state index contributed by atoms with van der Waals surface area (Å²) in [6.07, 6.45) is 0.418. The minimum absolute atomic E-state index is 0.0231. The zero-order chi connectivity index (χ0) is 13.5. The van der Waals surface area contributed by atoms with Gasteiger partial charge in [-0.15, -0.1) is 0 Å². The molecule has 2 atom stereocenters. The van der Waals surface area contributed by atoms with Crippen molar-refractivity contribution in [2.45, 2.75) is 31.8 Å². The number of nitrogens with one attached hydrogen (secondary N) is 1. The third-order valence-corrected chi connectivity index (χ3v) is 2.62. The quantitative estimate of drug-likeness (QED) is 0.686. The predicted molar refractivity (Wildman–Crippen MR) is 66.3 cm³/mol. The van der Waals surface area contributed by atoms with Crippen LogP contribution in [0.3, 0.4) is 0 Å². The zero-order valence-corrected chi connectivity index (χ0v) is 10.2. The summed E-state index contributed by atoms with van der Waals surface area (Å²) < 4.78 is 0. The zero-order valence-electron chi connectivity index (χ0n) is 10.2. The van der Waals surface area contributed by atoms with Crippen molar-refractivity contribution < 1.29 is 19.8 Å². The molecule has 0 aliphatic rings. The second kappa shape index (κ2) is 6.76. The smallest absolute Gasteiger partial charge is 0.325 e. The number of hydrogen-bond acceptors (Lipinski definition) is 3. The van der Waals surface area contributed by atoms with Gasteiger partial charge in [0.1, 0.15) is 6.04 Å². The van der Waals surface area contributed by atoms with Crippen LogP contribution < -0.4 is 5.32 Å². The largest absolute Gasteiger partial charge is 0.481 e. The Bertz CT molecular complexity index is 405. The van der Waals surface area contributed by atoms with Gasteiger partial charge >= 0.3 is 11.9 Å². The first-order valence-corrected chi connectivity index (χ1v) is 5.76. The summed E-state index contributed by atoms with van der Waals surface area (Å²) in [7, 11) is 0. The minimum Gasteiger partial charge on any atom is -0.481 e. The molecule has 98 valence electrons. The maximum Gasteiger partial charge on any atom is 0.325 e. The Hall–Kier alpha value is -1.88. The number of carbonyl (C=O) groups is 2. The molecule has 2 unspecified atom stereocenters. The first-order valence-electron chi connectivity index (χ1n) is 5.76. The SMILES string of the molecule is CC(CCC(=O)O)NC(C(=O)O)c1ccccc1. The molecule has 0 bridgehead atoms. The van der Waals surface area contributed by atoms with Crippen molar-refractivity contribution >= 4 is 11.9 Å². The first kappa shape index (κ1) is 14.2. The fraction of sp³-hybridized carbons (Fsp3) is 0.385. The molecular weight excluding hydrogens is 234 g/mol. The molecule has 1 aromatic rings. The van der Waals surface area contributed by atoms with Crippen molar-refractivity contribution in [2.75, 3.05) is 0 Å². The lowest BCUT2D eigenvalue weighted by atomic mass is 10.0. The van der Waals surface area contributed by atoms with Crippen LogP contribution in [0.15, 0.2) is 30.3 Å². The summed E-state index contributed by atoms with van der Waals surface area (Å²) in [6.45, 7) is 1.78. The van der Waals surface area contributed by atoms with E-state index in [1.807, 2.05) is 6.07 Å². The molecule has 3 N–H and O–H groups in total. The molecule has 0 saturated heterocycles. The molecule has 18 heavy (non-hydrogen) atoms. The molecule has 0 aliphatic heterocycles. The van der Waals surface area contributed by atoms with Gasteiger partial charge in [0.2, 0.25) is 0 Å². The van der Waals surface area contributed by atoms with Crippen molar-refractivity contribution in [1.82, 2.24) is 5.32 Å². The van der Waals surface area contributed by atoms with Gasteiger partial charge in [-0.3, -0.25) is 14.9 Å². The van der Waals surface area contributed by atoms with Gasteiger partial charge in [-0.05, 0) is 18.9 Å². The van der Waals surface area contributed by atoms with E-state index in [1.54, 1.807) is 31.2 Å². The number of rotatable bonds is 7. The highest BCUT2D eigenvalue weighted by Gasteiger charge is 2.21.